The van der Waals surface area contributed by atoms with Crippen LogP contribution in [0.3, 0.4) is 0 Å². The van der Waals surface area contributed by atoms with Gasteiger partial charge in [0.2, 0.25) is 20.0 Å². The Bertz CT molecular complexity index is 1280. The predicted octanol–water partition coefficient (Wildman–Crippen LogP) is 0.863. The third kappa shape index (κ3) is 6.76. The number of nitrogen functional groups attached to an aromatic ring is 1. The summed E-state index contributed by atoms with van der Waals surface area (Å²) in [5.41, 5.74) is 3.30. The Morgan fingerprint density at radius 2 is 1.77 bits per heavy atom. The number of hydrogen-bond acceptors (Lipinski definition) is 7. The van der Waals surface area contributed by atoms with Crippen LogP contribution in [0.25, 0.3) is 0 Å². The molecule has 0 spiro atoms. The van der Waals surface area contributed by atoms with Gasteiger partial charge in [-0.05, 0) is 36.8 Å². The van der Waals surface area contributed by atoms with Crippen LogP contribution in [0.15, 0.2) is 42.5 Å². The molecule has 0 aromatic heterocycles. The van der Waals surface area contributed by atoms with Gasteiger partial charge in [-0.1, -0.05) is 18.2 Å². The summed E-state index contributed by atoms with van der Waals surface area (Å²) < 4.78 is 66.6. The first-order valence-corrected chi connectivity index (χ1v) is 14.5. The fourth-order valence-electron chi connectivity index (χ4n) is 3.85. The second-order valence-electron chi connectivity index (χ2n) is 8.29. The zero-order chi connectivity index (χ0) is 25.8. The summed E-state index contributed by atoms with van der Waals surface area (Å²) in [5, 5.41) is 0. The molecule has 3 N–H and O–H groups in total. The first-order chi connectivity index (χ1) is 16.4. The van der Waals surface area contributed by atoms with Crippen LogP contribution in [-0.4, -0.2) is 70.1 Å². The number of sulfonamides is 2. The van der Waals surface area contributed by atoms with E-state index in [-0.39, 0.29) is 23.4 Å². The van der Waals surface area contributed by atoms with E-state index in [0.717, 1.165) is 15.9 Å². The summed E-state index contributed by atoms with van der Waals surface area (Å²) in [5.74, 6) is 3.53. The Balaban J connectivity index is 1.82. The zero-order valence-electron chi connectivity index (χ0n) is 19.6. The lowest BCUT2D eigenvalue weighted by molar-refractivity contribution is 0.0953. The number of nitrogens with zero attached hydrogens (tertiary/aromatic N) is 3. The summed E-state index contributed by atoms with van der Waals surface area (Å²) >= 11 is 0. The minimum atomic E-state index is -3.75. The topological polar surface area (TPSA) is 133 Å². The highest BCUT2D eigenvalue weighted by atomic mass is 32.2. The van der Waals surface area contributed by atoms with Gasteiger partial charge < -0.3 is 0 Å². The zero-order valence-corrected chi connectivity index (χ0v) is 21.3. The summed E-state index contributed by atoms with van der Waals surface area (Å²) in [4.78, 5) is 13.7. The van der Waals surface area contributed by atoms with Gasteiger partial charge in [-0.3, -0.25) is 19.4 Å². The van der Waals surface area contributed by atoms with Gasteiger partial charge in [-0.15, -0.1) is 0 Å². The van der Waals surface area contributed by atoms with Crippen molar-refractivity contribution in [3.05, 3.63) is 65.0 Å². The number of carbonyl (C=O) groups is 1. The van der Waals surface area contributed by atoms with Gasteiger partial charge >= 0.3 is 0 Å². The van der Waals surface area contributed by atoms with Crippen molar-refractivity contribution >= 4 is 31.6 Å². The van der Waals surface area contributed by atoms with Crippen LogP contribution in [0.5, 0.6) is 0 Å². The summed E-state index contributed by atoms with van der Waals surface area (Å²) in [6.07, 6.45) is 1.19. The summed E-state index contributed by atoms with van der Waals surface area (Å²) in [7, 11) is -6.98. The van der Waals surface area contributed by atoms with E-state index in [1.165, 1.54) is 29.6 Å². The highest BCUT2D eigenvalue weighted by molar-refractivity contribution is 7.92. The van der Waals surface area contributed by atoms with Gasteiger partial charge in [0, 0.05) is 43.9 Å². The van der Waals surface area contributed by atoms with E-state index < -0.39 is 31.8 Å². The van der Waals surface area contributed by atoms with Crippen molar-refractivity contribution in [3.8, 4) is 0 Å². The van der Waals surface area contributed by atoms with Crippen molar-refractivity contribution in [3.63, 3.8) is 0 Å². The molecule has 0 atom stereocenters. The lowest BCUT2D eigenvalue weighted by atomic mass is 10.1. The molecule has 0 radical (unpaired) electrons. The van der Waals surface area contributed by atoms with Gasteiger partial charge in [0.15, 0.2) is 0 Å². The number of amides is 1. The number of rotatable bonds is 9. The number of benzene rings is 2. The molecule has 2 aromatic rings. The van der Waals surface area contributed by atoms with Gasteiger partial charge in [-0.25, -0.2) is 27.1 Å². The van der Waals surface area contributed by atoms with Gasteiger partial charge in [0.25, 0.3) is 5.91 Å². The van der Waals surface area contributed by atoms with Crippen molar-refractivity contribution in [2.24, 2.45) is 5.84 Å². The second kappa shape index (κ2) is 11.0. The van der Waals surface area contributed by atoms with Gasteiger partial charge in [0.1, 0.15) is 5.82 Å². The number of carbonyl (C=O) groups excluding carboxylic acids is 1. The molecule has 2 aromatic carbocycles. The molecule has 13 heteroatoms. The first kappa shape index (κ1) is 27.0. The van der Waals surface area contributed by atoms with Crippen LogP contribution < -0.4 is 15.6 Å². The van der Waals surface area contributed by atoms with Gasteiger partial charge in [-0.2, -0.15) is 4.31 Å². The standard InChI is InChI=1S/C22H30FN5O5S2/c1-3-35(32,33)28(16-19-8-7-18(14-21(19)23)22(29)25-24)20-6-4-5-17(13-20)15-26-9-11-27(12-10-26)34(2,30)31/h4-8,13-14H,3,9-12,15-16,24H2,1-2H3,(H,25,29). The van der Waals surface area contributed by atoms with Crippen molar-refractivity contribution in [2.75, 3.05) is 42.5 Å². The van der Waals surface area contributed by atoms with Crippen LogP contribution in [0.1, 0.15) is 28.4 Å². The molecule has 10 nitrogen and oxygen atoms in total. The molecule has 35 heavy (non-hydrogen) atoms. The highest BCUT2D eigenvalue weighted by Crippen LogP contribution is 2.25. The van der Waals surface area contributed by atoms with Crippen LogP contribution in [-0.2, 0) is 33.1 Å². The molecule has 0 unspecified atom stereocenters. The fraction of sp³-hybridized carbons (Fsp3) is 0.409. The molecule has 192 valence electrons. The lowest BCUT2D eigenvalue weighted by Crippen LogP contribution is -2.47. The molecule has 1 fully saturated rings. The maximum Gasteiger partial charge on any atom is 0.265 e. The van der Waals surface area contributed by atoms with E-state index in [9.17, 15) is 26.0 Å². The summed E-state index contributed by atoms with van der Waals surface area (Å²) in [6.45, 7) is 3.69. The SMILES string of the molecule is CCS(=O)(=O)N(Cc1ccc(C(=O)NN)cc1F)c1cccc(CN2CCN(S(C)(=O)=O)CC2)c1. The highest BCUT2D eigenvalue weighted by Gasteiger charge is 2.25. The molecular weight excluding hydrogens is 497 g/mol. The van der Waals surface area contributed by atoms with Crippen molar-refractivity contribution < 1.29 is 26.0 Å². The second-order valence-corrected chi connectivity index (χ2v) is 12.5. The Hall–Kier alpha value is -2.58. The molecule has 0 aliphatic carbocycles. The van der Waals surface area contributed by atoms with Gasteiger partial charge in [0.05, 0.1) is 24.2 Å². The minimum absolute atomic E-state index is 0.0246. The van der Waals surface area contributed by atoms with E-state index in [1.54, 1.807) is 18.2 Å². The van der Waals surface area contributed by atoms with Crippen LogP contribution in [0, 0.1) is 5.82 Å². The van der Waals surface area contributed by atoms with Crippen molar-refractivity contribution in [1.29, 1.82) is 0 Å². The van der Waals surface area contributed by atoms with Crippen molar-refractivity contribution in [2.45, 2.75) is 20.0 Å². The molecular formula is C22H30FN5O5S2. The minimum Gasteiger partial charge on any atom is -0.296 e. The molecule has 1 aliphatic heterocycles. The van der Waals surface area contributed by atoms with Crippen LogP contribution in [0.2, 0.25) is 0 Å². The quantitative estimate of drug-likeness (QED) is 0.281. The number of piperazine rings is 1. The van der Waals surface area contributed by atoms with E-state index in [1.807, 2.05) is 11.5 Å². The van der Waals surface area contributed by atoms with E-state index in [2.05, 4.69) is 4.90 Å². The number of hydrazine groups is 1. The number of hydrogen-bond donors (Lipinski definition) is 2. The average molecular weight is 528 g/mol. The average Bonchev–Trinajstić information content (AvgIpc) is 2.82. The first-order valence-electron chi connectivity index (χ1n) is 11.0. The molecule has 1 heterocycles. The number of nitrogens with two attached hydrogens (primary N) is 1. The maximum absolute atomic E-state index is 14.7. The molecule has 1 amide bonds. The van der Waals surface area contributed by atoms with E-state index in [4.69, 9.17) is 5.84 Å². The van der Waals surface area contributed by atoms with Crippen LogP contribution >= 0.6 is 0 Å². The maximum atomic E-state index is 14.7. The van der Waals surface area contributed by atoms with E-state index >= 15 is 0 Å². The number of anilines is 1. The number of halogens is 1. The van der Waals surface area contributed by atoms with Crippen LogP contribution in [0.4, 0.5) is 10.1 Å². The van der Waals surface area contributed by atoms with Crippen molar-refractivity contribution in [1.82, 2.24) is 14.6 Å². The van der Waals surface area contributed by atoms with E-state index in [0.29, 0.717) is 38.4 Å². The fourth-order valence-corrected chi connectivity index (χ4v) is 5.76. The Kier molecular flexibility index (Phi) is 8.49. The normalized spacial score (nSPS) is 15.7. The smallest absolute Gasteiger partial charge is 0.265 e. The monoisotopic (exact) mass is 527 g/mol. The third-order valence-electron chi connectivity index (χ3n) is 5.87. The molecule has 1 saturated heterocycles. The third-order valence-corrected chi connectivity index (χ3v) is 8.91. The predicted molar refractivity (Wildman–Crippen MR) is 132 cm³/mol. The summed E-state index contributed by atoms with van der Waals surface area (Å²) in [6, 6.07) is 10.7. The Morgan fingerprint density at radius 3 is 2.34 bits per heavy atom. The largest absolute Gasteiger partial charge is 0.296 e. The molecule has 0 bridgehead atoms. The molecule has 0 saturated carbocycles. The molecule has 1 aliphatic rings. The Labute approximate surface area is 205 Å². The molecule has 3 rings (SSSR count). The lowest BCUT2D eigenvalue weighted by Gasteiger charge is -2.33. The Morgan fingerprint density at radius 1 is 1.09 bits per heavy atom. The number of nitrogens with one attached hydrogen (secondary N) is 1.